The predicted octanol–water partition coefficient (Wildman–Crippen LogP) is 3.40. The van der Waals surface area contributed by atoms with Crippen LogP contribution in [-0.4, -0.2) is 13.6 Å². The molecule has 0 bridgehead atoms. The number of hydrogen-bond donors (Lipinski definition) is 1. The minimum Gasteiger partial charge on any atom is -0.397 e. The van der Waals surface area contributed by atoms with Crippen LogP contribution in [0, 0.1) is 12.7 Å². The van der Waals surface area contributed by atoms with Gasteiger partial charge in [0, 0.05) is 13.6 Å². The fourth-order valence-electron chi connectivity index (χ4n) is 2.13. The molecule has 100 valence electrons. The Morgan fingerprint density at radius 2 is 1.89 bits per heavy atom. The molecule has 19 heavy (non-hydrogen) atoms. The van der Waals surface area contributed by atoms with E-state index in [1.807, 2.05) is 44.3 Å². The number of hydrogen-bond acceptors (Lipinski definition) is 2. The molecule has 0 aliphatic rings. The molecule has 0 fully saturated rings. The molecule has 0 unspecified atom stereocenters. The van der Waals surface area contributed by atoms with Gasteiger partial charge in [-0.15, -0.1) is 0 Å². The van der Waals surface area contributed by atoms with E-state index in [0.717, 1.165) is 29.0 Å². The summed E-state index contributed by atoms with van der Waals surface area (Å²) in [6.45, 7) is 2.74. The summed E-state index contributed by atoms with van der Waals surface area (Å²) in [6.07, 6.45) is 0.663. The summed E-state index contributed by atoms with van der Waals surface area (Å²) in [4.78, 5) is 2.06. The highest BCUT2D eigenvalue weighted by molar-refractivity contribution is 5.68. The number of nitrogen functional groups attached to an aromatic ring is 1. The Balaban J connectivity index is 2.05. The zero-order chi connectivity index (χ0) is 13.8. The molecule has 0 aliphatic carbocycles. The summed E-state index contributed by atoms with van der Waals surface area (Å²) in [5.74, 6) is -0.146. The minimum absolute atomic E-state index is 0.146. The topological polar surface area (TPSA) is 29.3 Å². The summed E-state index contributed by atoms with van der Waals surface area (Å²) >= 11 is 0. The van der Waals surface area contributed by atoms with E-state index in [1.54, 1.807) is 6.07 Å². The van der Waals surface area contributed by atoms with Gasteiger partial charge in [0.15, 0.2) is 0 Å². The lowest BCUT2D eigenvalue weighted by atomic mass is 10.1. The Hall–Kier alpha value is -2.03. The van der Waals surface area contributed by atoms with Gasteiger partial charge in [-0.3, -0.25) is 0 Å². The second kappa shape index (κ2) is 5.74. The Labute approximate surface area is 113 Å². The summed E-state index contributed by atoms with van der Waals surface area (Å²) < 4.78 is 13.5. The maximum atomic E-state index is 13.5. The van der Waals surface area contributed by atoms with Crippen molar-refractivity contribution in [3.8, 4) is 0 Å². The smallest absolute Gasteiger partial charge is 0.126 e. The second-order valence-electron chi connectivity index (χ2n) is 4.83. The maximum Gasteiger partial charge on any atom is 0.126 e. The molecule has 0 heterocycles. The van der Waals surface area contributed by atoms with Gasteiger partial charge < -0.3 is 10.6 Å². The van der Waals surface area contributed by atoms with Crippen LogP contribution in [0.1, 0.15) is 11.1 Å². The van der Waals surface area contributed by atoms with Crippen molar-refractivity contribution >= 4 is 11.4 Å². The van der Waals surface area contributed by atoms with Crippen LogP contribution in [0.25, 0.3) is 0 Å². The zero-order valence-corrected chi connectivity index (χ0v) is 11.4. The van der Waals surface area contributed by atoms with Gasteiger partial charge in [-0.05, 0) is 42.7 Å². The Bertz CT molecular complexity index is 566. The lowest BCUT2D eigenvalue weighted by Gasteiger charge is -2.21. The van der Waals surface area contributed by atoms with Crippen molar-refractivity contribution in [3.05, 3.63) is 59.4 Å². The minimum atomic E-state index is -0.146. The molecule has 0 amide bonds. The number of benzene rings is 2. The van der Waals surface area contributed by atoms with Crippen molar-refractivity contribution in [2.75, 3.05) is 24.2 Å². The summed E-state index contributed by atoms with van der Waals surface area (Å²) in [5.41, 5.74) is 9.63. The highest BCUT2D eigenvalue weighted by Gasteiger charge is 2.07. The van der Waals surface area contributed by atoms with Crippen molar-refractivity contribution in [3.63, 3.8) is 0 Å². The van der Waals surface area contributed by atoms with Gasteiger partial charge >= 0.3 is 0 Å². The molecule has 0 aliphatic heterocycles. The largest absolute Gasteiger partial charge is 0.397 e. The van der Waals surface area contributed by atoms with Gasteiger partial charge in [0.1, 0.15) is 5.82 Å². The predicted molar refractivity (Wildman–Crippen MR) is 79.0 cm³/mol. The van der Waals surface area contributed by atoms with Crippen LogP contribution in [0.15, 0.2) is 42.5 Å². The van der Waals surface area contributed by atoms with E-state index >= 15 is 0 Å². The molecule has 2 aromatic rings. The van der Waals surface area contributed by atoms with Crippen molar-refractivity contribution in [1.82, 2.24) is 0 Å². The number of aryl methyl sites for hydroxylation is 1. The second-order valence-corrected chi connectivity index (χ2v) is 4.83. The molecule has 0 atom stereocenters. The number of nitrogens with two attached hydrogens (primary N) is 1. The first kappa shape index (κ1) is 13.4. The fourth-order valence-corrected chi connectivity index (χ4v) is 2.13. The Morgan fingerprint density at radius 3 is 2.58 bits per heavy atom. The molecule has 2 rings (SSSR count). The molecule has 0 spiro atoms. The lowest BCUT2D eigenvalue weighted by molar-refractivity contribution is 0.608. The standard InChI is InChI=1S/C16H19FN2/c1-12-7-8-16(15(18)11-12)19(2)10-9-13-5-3-4-6-14(13)17/h3-8,11H,9-10,18H2,1-2H3. The van der Waals surface area contributed by atoms with Crippen LogP contribution in [0.2, 0.25) is 0 Å². The van der Waals surface area contributed by atoms with Gasteiger partial charge in [-0.2, -0.15) is 0 Å². The first-order valence-corrected chi connectivity index (χ1v) is 6.38. The third-order valence-corrected chi connectivity index (χ3v) is 3.27. The molecule has 3 heteroatoms. The van der Waals surface area contributed by atoms with Crippen molar-refractivity contribution < 1.29 is 4.39 Å². The summed E-state index contributed by atoms with van der Waals surface area (Å²) in [5, 5.41) is 0. The van der Waals surface area contributed by atoms with Crippen molar-refractivity contribution in [2.24, 2.45) is 0 Å². The zero-order valence-electron chi connectivity index (χ0n) is 11.4. The van der Waals surface area contributed by atoms with E-state index in [2.05, 4.69) is 4.90 Å². The monoisotopic (exact) mass is 258 g/mol. The van der Waals surface area contributed by atoms with E-state index in [4.69, 9.17) is 5.73 Å². The number of nitrogens with zero attached hydrogens (tertiary/aromatic N) is 1. The lowest BCUT2D eigenvalue weighted by Crippen LogP contribution is -2.21. The van der Waals surface area contributed by atoms with Crippen LogP contribution in [0.4, 0.5) is 15.8 Å². The van der Waals surface area contributed by atoms with E-state index < -0.39 is 0 Å². The molecule has 0 saturated carbocycles. The molecule has 0 saturated heterocycles. The van der Waals surface area contributed by atoms with Crippen LogP contribution in [0.3, 0.4) is 0 Å². The number of rotatable bonds is 4. The average Bonchev–Trinajstić information content (AvgIpc) is 2.37. The first-order valence-electron chi connectivity index (χ1n) is 6.38. The number of halogens is 1. The third kappa shape index (κ3) is 3.25. The molecule has 2 aromatic carbocycles. The Morgan fingerprint density at radius 1 is 1.16 bits per heavy atom. The highest BCUT2D eigenvalue weighted by Crippen LogP contribution is 2.23. The first-order chi connectivity index (χ1) is 9.08. The molecular formula is C16H19FN2. The van der Waals surface area contributed by atoms with Crippen molar-refractivity contribution in [1.29, 1.82) is 0 Å². The summed E-state index contributed by atoms with van der Waals surface area (Å²) in [7, 11) is 1.97. The van der Waals surface area contributed by atoms with E-state index in [9.17, 15) is 4.39 Å². The molecule has 2 nitrogen and oxygen atoms in total. The van der Waals surface area contributed by atoms with Gasteiger partial charge in [0.25, 0.3) is 0 Å². The molecule has 2 N–H and O–H groups in total. The van der Waals surface area contributed by atoms with E-state index in [0.29, 0.717) is 6.42 Å². The van der Waals surface area contributed by atoms with E-state index in [-0.39, 0.29) is 5.82 Å². The quantitative estimate of drug-likeness (QED) is 0.852. The van der Waals surface area contributed by atoms with Crippen LogP contribution in [0.5, 0.6) is 0 Å². The van der Waals surface area contributed by atoms with Crippen molar-refractivity contribution in [2.45, 2.75) is 13.3 Å². The van der Waals surface area contributed by atoms with Crippen LogP contribution in [-0.2, 0) is 6.42 Å². The third-order valence-electron chi connectivity index (χ3n) is 3.27. The summed E-state index contributed by atoms with van der Waals surface area (Å²) in [6, 6.07) is 12.9. The van der Waals surface area contributed by atoms with Gasteiger partial charge in [0.2, 0.25) is 0 Å². The SMILES string of the molecule is Cc1ccc(N(C)CCc2ccccc2F)c(N)c1. The van der Waals surface area contributed by atoms with E-state index in [1.165, 1.54) is 6.07 Å². The van der Waals surface area contributed by atoms with Gasteiger partial charge in [-0.1, -0.05) is 24.3 Å². The average molecular weight is 258 g/mol. The Kier molecular flexibility index (Phi) is 4.05. The van der Waals surface area contributed by atoms with Gasteiger partial charge in [0.05, 0.1) is 11.4 Å². The highest BCUT2D eigenvalue weighted by atomic mass is 19.1. The maximum absolute atomic E-state index is 13.5. The van der Waals surface area contributed by atoms with Gasteiger partial charge in [-0.25, -0.2) is 4.39 Å². The van der Waals surface area contributed by atoms with Crippen LogP contribution < -0.4 is 10.6 Å². The molecule has 0 aromatic heterocycles. The van der Waals surface area contributed by atoms with Crippen LogP contribution >= 0.6 is 0 Å². The fraction of sp³-hybridized carbons (Fsp3) is 0.250. The number of anilines is 2. The molecular weight excluding hydrogens is 239 g/mol. The number of likely N-dealkylation sites (N-methyl/N-ethyl adjacent to an activating group) is 1. The normalized spacial score (nSPS) is 10.5. The molecule has 0 radical (unpaired) electrons.